The number of benzene rings is 2. The van der Waals surface area contributed by atoms with Crippen molar-refractivity contribution in [3.63, 3.8) is 0 Å². The van der Waals surface area contributed by atoms with Crippen LogP contribution in [0, 0.1) is 0 Å². The highest BCUT2D eigenvalue weighted by Crippen LogP contribution is 2.28. The van der Waals surface area contributed by atoms with E-state index in [1.165, 1.54) is 0 Å². The van der Waals surface area contributed by atoms with Crippen molar-refractivity contribution in [3.8, 4) is 16.9 Å². The van der Waals surface area contributed by atoms with Crippen LogP contribution in [-0.4, -0.2) is 45.2 Å². The largest absolute Gasteiger partial charge is 0.333 e. The molecule has 0 fully saturated rings. The van der Waals surface area contributed by atoms with Gasteiger partial charge in [0.15, 0.2) is 0 Å². The van der Waals surface area contributed by atoms with E-state index in [1.54, 1.807) is 15.6 Å². The highest BCUT2D eigenvalue weighted by Gasteiger charge is 2.23. The Morgan fingerprint density at radius 3 is 2.38 bits per heavy atom. The Morgan fingerprint density at radius 1 is 1.06 bits per heavy atom. The first-order valence-corrected chi connectivity index (χ1v) is 11.8. The third-order valence-corrected chi connectivity index (χ3v) is 5.33. The van der Waals surface area contributed by atoms with Gasteiger partial charge in [0.1, 0.15) is 12.4 Å². The Morgan fingerprint density at radius 2 is 1.74 bits per heavy atom. The lowest BCUT2D eigenvalue weighted by molar-refractivity contribution is -0.116. The molecule has 3 rings (SSSR count). The number of carbonyl (C=O) groups is 2. The van der Waals surface area contributed by atoms with E-state index in [2.05, 4.69) is 10.6 Å². The molecule has 0 aliphatic rings. The van der Waals surface area contributed by atoms with Crippen LogP contribution < -0.4 is 10.6 Å². The number of hydrogen-bond acceptors (Lipinski definition) is 3. The van der Waals surface area contributed by atoms with Gasteiger partial charge in [0.25, 0.3) is 0 Å². The molecule has 0 saturated carbocycles. The molecule has 0 spiro atoms. The van der Waals surface area contributed by atoms with Gasteiger partial charge < -0.3 is 15.5 Å². The number of urea groups is 1. The second-order valence-electron chi connectivity index (χ2n) is 9.15. The van der Waals surface area contributed by atoms with E-state index in [0.29, 0.717) is 28.8 Å². The van der Waals surface area contributed by atoms with E-state index < -0.39 is 5.54 Å². The van der Waals surface area contributed by atoms with Gasteiger partial charge in [-0.05, 0) is 39.3 Å². The van der Waals surface area contributed by atoms with E-state index in [-0.39, 0.29) is 18.5 Å². The van der Waals surface area contributed by atoms with Crippen molar-refractivity contribution in [2.24, 2.45) is 0 Å². The van der Waals surface area contributed by atoms with Crippen LogP contribution in [0.25, 0.3) is 16.9 Å². The molecule has 3 amide bonds. The predicted octanol–water partition coefficient (Wildman–Crippen LogP) is 5.74. The molecule has 3 aromatic rings. The van der Waals surface area contributed by atoms with E-state index in [4.69, 9.17) is 16.7 Å². The summed E-state index contributed by atoms with van der Waals surface area (Å²) in [5, 5.41) is 11.1. The van der Waals surface area contributed by atoms with Crippen molar-refractivity contribution >= 4 is 29.4 Å². The van der Waals surface area contributed by atoms with Crippen LogP contribution >= 0.6 is 11.6 Å². The predicted molar refractivity (Wildman–Crippen MR) is 137 cm³/mol. The Hall–Kier alpha value is -3.32. The Kier molecular flexibility index (Phi) is 8.34. The first-order valence-electron chi connectivity index (χ1n) is 11.5. The van der Waals surface area contributed by atoms with Crippen molar-refractivity contribution in [2.75, 3.05) is 18.4 Å². The zero-order valence-electron chi connectivity index (χ0n) is 20.1. The molecule has 1 aromatic heterocycles. The topological polar surface area (TPSA) is 79.3 Å². The number of anilines is 1. The number of hydrogen-bond donors (Lipinski definition) is 2. The monoisotopic (exact) mass is 481 g/mol. The van der Waals surface area contributed by atoms with Crippen LogP contribution in [0.1, 0.15) is 40.5 Å². The van der Waals surface area contributed by atoms with E-state index in [0.717, 1.165) is 18.4 Å². The van der Waals surface area contributed by atoms with Crippen LogP contribution in [0.2, 0.25) is 5.02 Å². The average Bonchev–Trinajstić information content (AvgIpc) is 3.19. The summed E-state index contributed by atoms with van der Waals surface area (Å²) in [6.07, 6.45) is 1.72. The van der Waals surface area contributed by atoms with Gasteiger partial charge in [-0.15, -0.1) is 0 Å². The number of unbranched alkanes of at least 4 members (excludes halogenated alkanes) is 1. The molecule has 34 heavy (non-hydrogen) atoms. The van der Waals surface area contributed by atoms with Crippen molar-refractivity contribution in [1.29, 1.82) is 0 Å². The normalized spacial score (nSPS) is 11.2. The van der Waals surface area contributed by atoms with E-state index >= 15 is 0 Å². The Balaban J connectivity index is 1.87. The number of amides is 3. The zero-order chi connectivity index (χ0) is 24.7. The third-order valence-electron chi connectivity index (χ3n) is 5.01. The minimum atomic E-state index is -0.398. The molecule has 1 heterocycles. The van der Waals surface area contributed by atoms with Gasteiger partial charge in [-0.2, -0.15) is 5.10 Å². The van der Waals surface area contributed by atoms with Crippen LogP contribution in [0.4, 0.5) is 10.6 Å². The fraction of sp³-hybridized carbons (Fsp3) is 0.346. The number of halogens is 1. The zero-order valence-corrected chi connectivity index (χ0v) is 20.9. The molecule has 0 radical (unpaired) electrons. The van der Waals surface area contributed by atoms with Gasteiger partial charge in [0.2, 0.25) is 5.91 Å². The molecular formula is C26H32ClN5O2. The molecule has 0 saturated heterocycles. The molecule has 0 aliphatic carbocycles. The van der Waals surface area contributed by atoms with Gasteiger partial charge in [-0.25, -0.2) is 9.48 Å². The molecule has 2 N–H and O–H groups in total. The maximum absolute atomic E-state index is 13.1. The summed E-state index contributed by atoms with van der Waals surface area (Å²) in [6.45, 7) is 8.21. The Bertz CT molecular complexity index is 1120. The lowest BCUT2D eigenvalue weighted by Crippen LogP contribution is -2.50. The van der Waals surface area contributed by atoms with E-state index in [1.807, 2.05) is 82.3 Å². The van der Waals surface area contributed by atoms with Crippen molar-refractivity contribution in [1.82, 2.24) is 20.0 Å². The number of para-hydroxylation sites is 1. The fourth-order valence-electron chi connectivity index (χ4n) is 3.38. The molecule has 0 bridgehead atoms. The molecular weight excluding hydrogens is 450 g/mol. The molecule has 180 valence electrons. The highest BCUT2D eigenvalue weighted by atomic mass is 35.5. The standard InChI is InChI=1S/C26H32ClN5O2/c1-5-6-16-31(25(34)29-26(2,3)4)18-24(33)28-23-17-21(19-12-8-7-9-13-19)30-32(23)22-15-11-10-14-20(22)27/h7-15,17H,5-6,16,18H2,1-4H3,(H,28,33)(H,29,34). The van der Waals surface area contributed by atoms with Crippen LogP contribution in [-0.2, 0) is 4.79 Å². The van der Waals surface area contributed by atoms with Gasteiger partial charge >= 0.3 is 6.03 Å². The number of aromatic nitrogens is 2. The van der Waals surface area contributed by atoms with Gasteiger partial charge in [-0.1, -0.05) is 67.4 Å². The maximum atomic E-state index is 13.1. The lowest BCUT2D eigenvalue weighted by atomic mass is 10.1. The Labute approximate surface area is 206 Å². The average molecular weight is 482 g/mol. The quantitative estimate of drug-likeness (QED) is 0.430. The summed E-state index contributed by atoms with van der Waals surface area (Å²) in [4.78, 5) is 27.4. The van der Waals surface area contributed by atoms with Crippen LogP contribution in [0.15, 0.2) is 60.7 Å². The molecule has 0 aliphatic heterocycles. The third kappa shape index (κ3) is 6.84. The lowest BCUT2D eigenvalue weighted by Gasteiger charge is -2.28. The number of carbonyl (C=O) groups excluding carboxylic acids is 2. The molecule has 8 heteroatoms. The summed E-state index contributed by atoms with van der Waals surface area (Å²) in [5.74, 6) is 0.164. The summed E-state index contributed by atoms with van der Waals surface area (Å²) >= 11 is 6.43. The molecule has 0 unspecified atom stereocenters. The second-order valence-corrected chi connectivity index (χ2v) is 9.55. The summed E-state index contributed by atoms with van der Waals surface area (Å²) in [6, 6.07) is 18.6. The summed E-state index contributed by atoms with van der Waals surface area (Å²) in [7, 11) is 0. The molecule has 2 aromatic carbocycles. The molecule has 0 atom stereocenters. The van der Waals surface area contributed by atoms with Gasteiger partial charge in [-0.3, -0.25) is 4.79 Å². The second kappa shape index (κ2) is 11.2. The summed E-state index contributed by atoms with van der Waals surface area (Å²) in [5.41, 5.74) is 1.86. The van der Waals surface area contributed by atoms with E-state index in [9.17, 15) is 9.59 Å². The van der Waals surface area contributed by atoms with Crippen molar-refractivity contribution in [2.45, 2.75) is 46.1 Å². The molecule has 7 nitrogen and oxygen atoms in total. The first-order chi connectivity index (χ1) is 16.2. The number of nitrogens with one attached hydrogen (secondary N) is 2. The minimum absolute atomic E-state index is 0.0731. The van der Waals surface area contributed by atoms with Gasteiger partial charge in [0, 0.05) is 23.7 Å². The van der Waals surface area contributed by atoms with Gasteiger partial charge in [0.05, 0.1) is 16.4 Å². The SMILES string of the molecule is CCCCN(CC(=O)Nc1cc(-c2ccccc2)nn1-c1ccccc1Cl)C(=O)NC(C)(C)C. The van der Waals surface area contributed by atoms with Crippen molar-refractivity contribution < 1.29 is 9.59 Å². The fourth-order valence-corrected chi connectivity index (χ4v) is 3.60. The minimum Gasteiger partial charge on any atom is -0.333 e. The first kappa shape index (κ1) is 25.3. The summed E-state index contributed by atoms with van der Waals surface area (Å²) < 4.78 is 1.62. The van der Waals surface area contributed by atoms with Crippen molar-refractivity contribution in [3.05, 3.63) is 65.7 Å². The van der Waals surface area contributed by atoms with Crippen LogP contribution in [0.5, 0.6) is 0 Å². The van der Waals surface area contributed by atoms with Crippen LogP contribution in [0.3, 0.4) is 0 Å². The number of nitrogens with zero attached hydrogens (tertiary/aromatic N) is 3. The maximum Gasteiger partial charge on any atom is 0.318 e. The highest BCUT2D eigenvalue weighted by molar-refractivity contribution is 6.32. The smallest absolute Gasteiger partial charge is 0.318 e. The number of rotatable bonds is 8.